The summed E-state index contributed by atoms with van der Waals surface area (Å²) in [5.41, 5.74) is 1.94. The van der Waals surface area contributed by atoms with Gasteiger partial charge >= 0.3 is 5.97 Å². The van der Waals surface area contributed by atoms with Crippen molar-refractivity contribution in [3.8, 4) is 22.9 Å². The molecule has 0 aliphatic carbocycles. The highest BCUT2D eigenvalue weighted by atomic mass is 32.1. The van der Waals surface area contributed by atoms with Crippen molar-refractivity contribution in [2.45, 2.75) is 58.3 Å². The quantitative estimate of drug-likeness (QED) is 0.221. The number of carboxylic acids is 1. The van der Waals surface area contributed by atoms with Crippen LogP contribution in [0.1, 0.15) is 34.1 Å². The van der Waals surface area contributed by atoms with Crippen LogP contribution in [-0.4, -0.2) is 79.7 Å². The maximum Gasteiger partial charge on any atom is 0.326 e. The number of amides is 1. The molecule has 0 saturated carbocycles. The minimum atomic E-state index is -1.09. The van der Waals surface area contributed by atoms with E-state index in [0.717, 1.165) is 10.5 Å². The molecule has 1 amide bonds. The lowest BCUT2D eigenvalue weighted by Gasteiger charge is -2.29. The van der Waals surface area contributed by atoms with E-state index in [9.17, 15) is 14.7 Å². The highest BCUT2D eigenvalue weighted by molar-refractivity contribution is 7.14. The molecule has 1 aromatic carbocycles. The average molecular weight is 606 g/mol. The van der Waals surface area contributed by atoms with Gasteiger partial charge in [-0.3, -0.25) is 4.79 Å². The number of benzene rings is 1. The number of aromatic nitrogens is 4. The highest BCUT2D eigenvalue weighted by Gasteiger charge is 2.43. The molecule has 12 nitrogen and oxygen atoms in total. The first-order chi connectivity index (χ1) is 20.6. The number of aliphatic carboxylic acids is 1. The molecule has 1 saturated heterocycles. The van der Waals surface area contributed by atoms with E-state index >= 15 is 0 Å². The van der Waals surface area contributed by atoms with Crippen molar-refractivity contribution >= 4 is 45.2 Å². The first-order valence-electron chi connectivity index (χ1n) is 14.1. The van der Waals surface area contributed by atoms with E-state index in [1.165, 1.54) is 16.2 Å². The molecule has 1 fully saturated rings. The third kappa shape index (κ3) is 6.77. The lowest BCUT2D eigenvalue weighted by atomic mass is 10.0. The molecule has 5 rings (SSSR count). The van der Waals surface area contributed by atoms with Gasteiger partial charge in [0, 0.05) is 47.8 Å². The second kappa shape index (κ2) is 12.8. The number of hydrogen-bond donors (Lipinski definition) is 3. The van der Waals surface area contributed by atoms with Crippen molar-refractivity contribution in [2.75, 3.05) is 24.3 Å². The van der Waals surface area contributed by atoms with Gasteiger partial charge in [-0.1, -0.05) is 13.8 Å². The Morgan fingerprint density at radius 3 is 2.51 bits per heavy atom. The molecule has 3 aromatic heterocycles. The highest BCUT2D eigenvalue weighted by Crippen LogP contribution is 2.35. The SMILES string of the molecule is COc1ccc2c(O[C@@H]3C[C@@H](C(=O)O)N(C(=O)[C@@H](Nc4ncccn4)C(C)C)C3)cc(-c3csc(NC(C)C)n3)nc2c1. The molecule has 0 unspecified atom stereocenters. The van der Waals surface area contributed by atoms with Gasteiger partial charge in [0.05, 0.1) is 24.9 Å². The monoisotopic (exact) mass is 605 g/mol. The predicted octanol–water partition coefficient (Wildman–Crippen LogP) is 4.55. The number of pyridine rings is 1. The Morgan fingerprint density at radius 2 is 1.84 bits per heavy atom. The Balaban J connectivity index is 1.44. The normalized spacial score (nSPS) is 17.3. The second-order valence-electron chi connectivity index (χ2n) is 11.0. The number of fused-ring (bicyclic) bond motifs is 1. The molecule has 4 aromatic rings. The first kappa shape index (κ1) is 30.0. The van der Waals surface area contributed by atoms with Crippen molar-refractivity contribution in [1.29, 1.82) is 0 Å². The number of ether oxygens (including phenoxy) is 2. The molecule has 226 valence electrons. The van der Waals surface area contributed by atoms with Crippen LogP contribution in [-0.2, 0) is 9.59 Å². The van der Waals surface area contributed by atoms with Crippen LogP contribution in [0.2, 0.25) is 0 Å². The van der Waals surface area contributed by atoms with Gasteiger partial charge in [-0.15, -0.1) is 11.3 Å². The largest absolute Gasteiger partial charge is 0.497 e. The number of carbonyl (C=O) groups is 2. The molecule has 1 aliphatic rings. The summed E-state index contributed by atoms with van der Waals surface area (Å²) in [6.07, 6.45) is 2.71. The van der Waals surface area contributed by atoms with Gasteiger partial charge in [0.15, 0.2) is 5.13 Å². The number of thiazole rings is 1. The summed E-state index contributed by atoms with van der Waals surface area (Å²) in [6, 6.07) is 7.45. The van der Waals surface area contributed by atoms with E-state index in [1.807, 2.05) is 57.3 Å². The fourth-order valence-electron chi connectivity index (χ4n) is 4.98. The Labute approximate surface area is 253 Å². The van der Waals surface area contributed by atoms with E-state index in [-0.39, 0.29) is 30.8 Å². The van der Waals surface area contributed by atoms with Gasteiger partial charge < -0.3 is 30.1 Å². The van der Waals surface area contributed by atoms with Crippen molar-refractivity contribution in [2.24, 2.45) is 5.92 Å². The number of carbonyl (C=O) groups excluding carboxylic acids is 1. The number of methoxy groups -OCH3 is 1. The molecule has 0 spiro atoms. The molecule has 1 aliphatic heterocycles. The van der Waals surface area contributed by atoms with E-state index in [2.05, 4.69) is 20.6 Å². The van der Waals surface area contributed by atoms with Crippen LogP contribution in [0.5, 0.6) is 11.5 Å². The smallest absolute Gasteiger partial charge is 0.326 e. The van der Waals surface area contributed by atoms with Crippen LogP contribution in [0.3, 0.4) is 0 Å². The summed E-state index contributed by atoms with van der Waals surface area (Å²) in [4.78, 5) is 45.3. The van der Waals surface area contributed by atoms with Gasteiger partial charge in [-0.05, 0) is 38.0 Å². The average Bonchev–Trinajstić information content (AvgIpc) is 3.62. The predicted molar refractivity (Wildman–Crippen MR) is 165 cm³/mol. The molecule has 4 heterocycles. The van der Waals surface area contributed by atoms with E-state index in [4.69, 9.17) is 19.4 Å². The third-order valence-corrected chi connectivity index (χ3v) is 7.84. The van der Waals surface area contributed by atoms with Crippen molar-refractivity contribution < 1.29 is 24.2 Å². The van der Waals surface area contributed by atoms with Crippen LogP contribution >= 0.6 is 11.3 Å². The Kier molecular flexibility index (Phi) is 8.90. The van der Waals surface area contributed by atoms with Crippen LogP contribution in [0, 0.1) is 5.92 Å². The van der Waals surface area contributed by atoms with Crippen LogP contribution in [0.25, 0.3) is 22.3 Å². The fraction of sp³-hybridized carbons (Fsp3) is 0.400. The first-order valence-corrected chi connectivity index (χ1v) is 15.0. The summed E-state index contributed by atoms with van der Waals surface area (Å²) < 4.78 is 11.9. The second-order valence-corrected chi connectivity index (χ2v) is 11.8. The van der Waals surface area contributed by atoms with Crippen molar-refractivity contribution in [3.63, 3.8) is 0 Å². The summed E-state index contributed by atoms with van der Waals surface area (Å²) in [6.45, 7) is 7.96. The van der Waals surface area contributed by atoms with Gasteiger partial charge in [-0.2, -0.15) is 0 Å². The zero-order chi connectivity index (χ0) is 30.7. The Hall–Kier alpha value is -4.52. The topological polar surface area (TPSA) is 152 Å². The van der Waals surface area contributed by atoms with Crippen LogP contribution in [0.4, 0.5) is 11.1 Å². The number of carboxylic acid groups (broad SMARTS) is 1. The van der Waals surface area contributed by atoms with Crippen molar-refractivity contribution in [3.05, 3.63) is 48.1 Å². The summed E-state index contributed by atoms with van der Waals surface area (Å²) in [7, 11) is 1.59. The number of nitrogens with one attached hydrogen (secondary N) is 2. The standard InChI is InChI=1S/C30H35N7O5S/c1-16(2)26(36-29-31-9-6-10-32-29)27(38)37-14-19(12-24(37)28(39)40)42-25-13-22(23-15-43-30(35-23)33-17(3)4)34-21-11-18(41-5)7-8-20(21)25/h6-11,13,15-17,19,24,26H,12,14H2,1-5H3,(H,33,35)(H,39,40)(H,31,32,36)/t19-,24+,26+/m1/s1. The number of nitrogens with zero attached hydrogens (tertiary/aromatic N) is 5. The van der Waals surface area contributed by atoms with E-state index in [1.54, 1.807) is 25.6 Å². The fourth-order valence-corrected chi connectivity index (χ4v) is 5.83. The molecular formula is C30H35N7O5S. The molecule has 0 bridgehead atoms. The number of likely N-dealkylation sites (tertiary alicyclic amines) is 1. The molecule has 13 heteroatoms. The van der Waals surface area contributed by atoms with Crippen molar-refractivity contribution in [1.82, 2.24) is 24.8 Å². The summed E-state index contributed by atoms with van der Waals surface area (Å²) in [5.74, 6) is -0.126. The molecule has 3 N–H and O–H groups in total. The van der Waals surface area contributed by atoms with E-state index < -0.39 is 24.2 Å². The zero-order valence-electron chi connectivity index (χ0n) is 24.6. The number of anilines is 2. The Bertz CT molecular complexity index is 1600. The molecule has 0 radical (unpaired) electrons. The van der Waals surface area contributed by atoms with Gasteiger partial charge in [0.25, 0.3) is 0 Å². The third-order valence-electron chi connectivity index (χ3n) is 7.07. The lowest BCUT2D eigenvalue weighted by molar-refractivity contribution is -0.148. The minimum absolute atomic E-state index is 0.102. The number of rotatable bonds is 11. The van der Waals surface area contributed by atoms with Gasteiger partial charge in [-0.25, -0.2) is 24.7 Å². The minimum Gasteiger partial charge on any atom is -0.497 e. The molecule has 3 atom stereocenters. The molecule has 43 heavy (non-hydrogen) atoms. The van der Waals surface area contributed by atoms with Crippen LogP contribution in [0.15, 0.2) is 48.1 Å². The van der Waals surface area contributed by atoms with Gasteiger partial charge in [0.1, 0.15) is 35.4 Å². The van der Waals surface area contributed by atoms with Crippen LogP contribution < -0.4 is 20.1 Å². The molecular weight excluding hydrogens is 570 g/mol. The zero-order valence-corrected chi connectivity index (χ0v) is 25.5. The maximum atomic E-state index is 13.8. The summed E-state index contributed by atoms with van der Waals surface area (Å²) >= 11 is 1.48. The van der Waals surface area contributed by atoms with Gasteiger partial charge in [0.2, 0.25) is 11.9 Å². The lowest BCUT2D eigenvalue weighted by Crippen LogP contribution is -2.50. The maximum absolute atomic E-state index is 13.8. The summed E-state index contributed by atoms with van der Waals surface area (Å²) in [5, 5.41) is 19.9. The Morgan fingerprint density at radius 1 is 1.07 bits per heavy atom. The van der Waals surface area contributed by atoms with E-state index in [0.29, 0.717) is 34.4 Å². The number of hydrogen-bond acceptors (Lipinski definition) is 11.